The van der Waals surface area contributed by atoms with E-state index in [1.807, 2.05) is 20.8 Å². The zero-order chi connectivity index (χ0) is 16.8. The highest BCUT2D eigenvalue weighted by atomic mass is 16.6. The largest absolute Gasteiger partial charge is 0.490 e. The monoisotopic (exact) mass is 308 g/mol. The van der Waals surface area contributed by atoms with Gasteiger partial charge in [0.2, 0.25) is 0 Å². The lowest BCUT2D eigenvalue weighted by Crippen LogP contribution is -2.27. The van der Waals surface area contributed by atoms with Gasteiger partial charge in [-0.25, -0.2) is 4.79 Å². The van der Waals surface area contributed by atoms with Crippen LogP contribution in [0.15, 0.2) is 24.3 Å². The Kier molecular flexibility index (Phi) is 6.10. The fourth-order valence-electron chi connectivity index (χ4n) is 1.46. The molecule has 1 aromatic rings. The van der Waals surface area contributed by atoms with Gasteiger partial charge in [-0.15, -0.1) is 0 Å². The molecule has 0 radical (unpaired) electrons. The SMILES string of the molecule is CCC(C)(C)C(=O)OCCOc1ccc(C(=O)C(=O)O)cc1. The molecular weight excluding hydrogens is 288 g/mol. The van der Waals surface area contributed by atoms with E-state index in [-0.39, 0.29) is 24.7 Å². The number of rotatable bonds is 8. The van der Waals surface area contributed by atoms with Gasteiger partial charge in [0, 0.05) is 5.56 Å². The van der Waals surface area contributed by atoms with Gasteiger partial charge < -0.3 is 14.6 Å². The number of Topliss-reactive ketones (excluding diaryl/α,β-unsaturated/α-hetero) is 1. The van der Waals surface area contributed by atoms with E-state index < -0.39 is 17.2 Å². The summed E-state index contributed by atoms with van der Waals surface area (Å²) in [4.78, 5) is 33.5. The van der Waals surface area contributed by atoms with Crippen molar-refractivity contribution in [3.63, 3.8) is 0 Å². The van der Waals surface area contributed by atoms with Crippen molar-refractivity contribution in [3.8, 4) is 5.75 Å². The summed E-state index contributed by atoms with van der Waals surface area (Å²) in [7, 11) is 0. The molecule has 0 unspecified atom stereocenters. The third kappa shape index (κ3) is 4.87. The number of benzene rings is 1. The lowest BCUT2D eigenvalue weighted by atomic mass is 9.91. The first kappa shape index (κ1) is 17.7. The Labute approximate surface area is 129 Å². The molecule has 6 nitrogen and oxygen atoms in total. The van der Waals surface area contributed by atoms with E-state index in [0.717, 1.165) is 0 Å². The maximum atomic E-state index is 11.7. The summed E-state index contributed by atoms with van der Waals surface area (Å²) in [6.07, 6.45) is 0.686. The smallest absolute Gasteiger partial charge is 0.377 e. The number of aliphatic carboxylic acids is 1. The highest BCUT2D eigenvalue weighted by molar-refractivity contribution is 6.39. The van der Waals surface area contributed by atoms with Gasteiger partial charge in [-0.05, 0) is 44.5 Å². The standard InChI is InChI=1S/C16H20O6/c1-4-16(2,3)15(20)22-10-9-21-12-7-5-11(6-8-12)13(17)14(18)19/h5-8H,4,9-10H2,1-3H3,(H,18,19). The van der Waals surface area contributed by atoms with Gasteiger partial charge in [0.1, 0.15) is 19.0 Å². The predicted octanol–water partition coefficient (Wildman–Crippen LogP) is 2.31. The molecule has 0 amide bonds. The van der Waals surface area contributed by atoms with Gasteiger partial charge in [0.25, 0.3) is 5.78 Å². The van der Waals surface area contributed by atoms with Crippen LogP contribution in [0, 0.1) is 5.41 Å². The lowest BCUT2D eigenvalue weighted by Gasteiger charge is -2.20. The molecule has 22 heavy (non-hydrogen) atoms. The molecule has 0 aromatic heterocycles. The van der Waals surface area contributed by atoms with Gasteiger partial charge in [0.15, 0.2) is 0 Å². The van der Waals surface area contributed by atoms with Crippen LogP contribution in [-0.4, -0.2) is 36.0 Å². The Balaban J connectivity index is 2.42. The maximum Gasteiger partial charge on any atom is 0.377 e. The second-order valence-corrected chi connectivity index (χ2v) is 5.38. The summed E-state index contributed by atoms with van der Waals surface area (Å²) in [6.45, 7) is 5.84. The molecule has 0 aliphatic rings. The maximum absolute atomic E-state index is 11.7. The zero-order valence-electron chi connectivity index (χ0n) is 12.9. The number of ether oxygens (including phenoxy) is 2. The summed E-state index contributed by atoms with van der Waals surface area (Å²) in [5.74, 6) is -2.28. The van der Waals surface area contributed by atoms with Gasteiger partial charge in [-0.1, -0.05) is 6.92 Å². The van der Waals surface area contributed by atoms with Crippen LogP contribution in [0.1, 0.15) is 37.6 Å². The molecule has 1 N–H and O–H groups in total. The third-order valence-corrected chi connectivity index (χ3v) is 3.33. The summed E-state index contributed by atoms with van der Waals surface area (Å²) in [5, 5.41) is 8.59. The summed E-state index contributed by atoms with van der Waals surface area (Å²) < 4.78 is 10.5. The van der Waals surface area contributed by atoms with E-state index in [9.17, 15) is 14.4 Å². The second kappa shape index (κ2) is 7.59. The molecule has 1 aromatic carbocycles. The minimum absolute atomic E-state index is 0.0796. The summed E-state index contributed by atoms with van der Waals surface area (Å²) >= 11 is 0. The highest BCUT2D eigenvalue weighted by Gasteiger charge is 2.26. The number of esters is 1. The molecule has 120 valence electrons. The minimum atomic E-state index is -1.50. The summed E-state index contributed by atoms with van der Waals surface area (Å²) in [5.41, 5.74) is -0.435. The first-order valence-electron chi connectivity index (χ1n) is 6.95. The molecule has 0 aliphatic carbocycles. The quantitative estimate of drug-likeness (QED) is 0.343. The van der Waals surface area contributed by atoms with E-state index in [1.54, 1.807) is 0 Å². The number of hydrogen-bond acceptors (Lipinski definition) is 5. The highest BCUT2D eigenvalue weighted by Crippen LogP contribution is 2.21. The van der Waals surface area contributed by atoms with Gasteiger partial charge >= 0.3 is 11.9 Å². The molecule has 0 fully saturated rings. The molecule has 0 spiro atoms. The van der Waals surface area contributed by atoms with E-state index >= 15 is 0 Å². The van der Waals surface area contributed by atoms with Crippen molar-refractivity contribution in [2.75, 3.05) is 13.2 Å². The first-order valence-corrected chi connectivity index (χ1v) is 6.95. The van der Waals surface area contributed by atoms with E-state index in [1.165, 1.54) is 24.3 Å². The normalized spacial score (nSPS) is 10.9. The molecule has 0 aliphatic heterocycles. The molecule has 0 heterocycles. The molecular formula is C16H20O6. The number of carbonyl (C=O) groups excluding carboxylic acids is 2. The number of hydrogen-bond donors (Lipinski definition) is 1. The van der Waals surface area contributed by atoms with Gasteiger partial charge in [0.05, 0.1) is 5.41 Å². The fourth-order valence-corrected chi connectivity index (χ4v) is 1.46. The van der Waals surface area contributed by atoms with Crippen molar-refractivity contribution in [2.24, 2.45) is 5.41 Å². The van der Waals surface area contributed by atoms with Crippen LogP contribution in [0.4, 0.5) is 0 Å². The molecule has 0 saturated carbocycles. The van der Waals surface area contributed by atoms with Crippen molar-refractivity contribution in [3.05, 3.63) is 29.8 Å². The van der Waals surface area contributed by atoms with Crippen molar-refractivity contribution < 1.29 is 29.0 Å². The van der Waals surface area contributed by atoms with E-state index in [2.05, 4.69) is 0 Å². The van der Waals surface area contributed by atoms with Crippen LogP contribution in [0.2, 0.25) is 0 Å². The number of carboxylic acid groups (broad SMARTS) is 1. The Morgan fingerprint density at radius 3 is 2.18 bits per heavy atom. The molecule has 0 atom stereocenters. The summed E-state index contributed by atoms with van der Waals surface area (Å²) in [6, 6.07) is 5.73. The number of carbonyl (C=O) groups is 3. The van der Waals surface area contributed by atoms with Crippen molar-refractivity contribution >= 4 is 17.7 Å². The van der Waals surface area contributed by atoms with Crippen LogP contribution in [0.5, 0.6) is 5.75 Å². The van der Waals surface area contributed by atoms with Crippen molar-refractivity contribution in [1.82, 2.24) is 0 Å². The van der Waals surface area contributed by atoms with E-state index in [4.69, 9.17) is 14.6 Å². The van der Waals surface area contributed by atoms with Crippen molar-refractivity contribution in [1.29, 1.82) is 0 Å². The van der Waals surface area contributed by atoms with Crippen LogP contribution in [-0.2, 0) is 14.3 Å². The number of carboxylic acids is 1. The van der Waals surface area contributed by atoms with Crippen LogP contribution >= 0.6 is 0 Å². The van der Waals surface area contributed by atoms with E-state index in [0.29, 0.717) is 12.2 Å². The van der Waals surface area contributed by atoms with Crippen molar-refractivity contribution in [2.45, 2.75) is 27.2 Å². The fraction of sp³-hybridized carbons (Fsp3) is 0.438. The number of ketones is 1. The molecule has 1 rings (SSSR count). The first-order chi connectivity index (χ1) is 10.3. The third-order valence-electron chi connectivity index (χ3n) is 3.33. The lowest BCUT2D eigenvalue weighted by molar-refractivity contribution is -0.154. The zero-order valence-corrected chi connectivity index (χ0v) is 12.9. The molecule has 0 saturated heterocycles. The Morgan fingerprint density at radius 1 is 1.09 bits per heavy atom. The minimum Gasteiger partial charge on any atom is -0.490 e. The molecule has 6 heteroatoms. The Bertz CT molecular complexity index is 544. The Morgan fingerprint density at radius 2 is 1.68 bits per heavy atom. The topological polar surface area (TPSA) is 89.9 Å². The average molecular weight is 308 g/mol. The van der Waals surface area contributed by atoms with Gasteiger partial charge in [-0.2, -0.15) is 0 Å². The predicted molar refractivity (Wildman–Crippen MR) is 78.9 cm³/mol. The van der Waals surface area contributed by atoms with Gasteiger partial charge in [-0.3, -0.25) is 9.59 Å². The van der Waals surface area contributed by atoms with Crippen LogP contribution in [0.3, 0.4) is 0 Å². The molecule has 0 bridgehead atoms. The average Bonchev–Trinajstić information content (AvgIpc) is 2.51. The second-order valence-electron chi connectivity index (χ2n) is 5.38. The van der Waals surface area contributed by atoms with Crippen LogP contribution in [0.25, 0.3) is 0 Å². The Hall–Kier alpha value is -2.37. The van der Waals surface area contributed by atoms with Crippen LogP contribution < -0.4 is 4.74 Å².